The van der Waals surface area contributed by atoms with Crippen molar-refractivity contribution in [1.29, 1.82) is 0 Å². The molecule has 2 aromatic rings. The highest BCUT2D eigenvalue weighted by molar-refractivity contribution is 7.46. The van der Waals surface area contributed by atoms with Crippen molar-refractivity contribution in [2.75, 3.05) is 20.8 Å². The first-order valence-electron chi connectivity index (χ1n) is 8.28. The third kappa shape index (κ3) is 5.88. The van der Waals surface area contributed by atoms with E-state index >= 15 is 0 Å². The fourth-order valence-corrected chi connectivity index (χ4v) is 2.82. The van der Waals surface area contributed by atoms with Gasteiger partial charge in [-0.3, -0.25) is 14.6 Å². The van der Waals surface area contributed by atoms with Crippen LogP contribution in [0.1, 0.15) is 22.8 Å². The van der Waals surface area contributed by atoms with Crippen molar-refractivity contribution in [1.82, 2.24) is 5.32 Å². The van der Waals surface area contributed by atoms with E-state index in [0.717, 1.165) is 5.56 Å². The Morgan fingerprint density at radius 2 is 1.68 bits per heavy atom. The zero-order valence-electron chi connectivity index (χ0n) is 15.7. The van der Waals surface area contributed by atoms with Crippen LogP contribution in [0, 0.1) is 0 Å². The van der Waals surface area contributed by atoms with Crippen LogP contribution in [0.2, 0.25) is 0 Å². The minimum Gasteiger partial charge on any atom is -0.497 e. The number of methoxy groups -OCH3 is 2. The average molecular weight is 411 g/mol. The van der Waals surface area contributed by atoms with Crippen LogP contribution in [0.4, 0.5) is 0 Å². The SMILES string of the molecule is CCOc1cc(OC)c(C(=O)NCc2ccc(OC)cc2)c(OP(=O)(O)O)c1. The largest absolute Gasteiger partial charge is 0.524 e. The monoisotopic (exact) mass is 411 g/mol. The van der Waals surface area contributed by atoms with Gasteiger partial charge < -0.3 is 24.1 Å². The van der Waals surface area contributed by atoms with Crippen LogP contribution in [0.25, 0.3) is 0 Å². The van der Waals surface area contributed by atoms with E-state index in [1.807, 2.05) is 0 Å². The van der Waals surface area contributed by atoms with Crippen molar-refractivity contribution in [2.24, 2.45) is 0 Å². The smallest absolute Gasteiger partial charge is 0.497 e. The van der Waals surface area contributed by atoms with Crippen LogP contribution >= 0.6 is 7.82 Å². The number of nitrogens with one attached hydrogen (secondary N) is 1. The molecule has 0 fully saturated rings. The average Bonchev–Trinajstić information content (AvgIpc) is 2.65. The number of phosphoric acid groups is 1. The fraction of sp³-hybridized carbons (Fsp3) is 0.278. The van der Waals surface area contributed by atoms with Crippen molar-refractivity contribution in [3.63, 3.8) is 0 Å². The Hall–Kier alpha value is -2.74. The number of rotatable bonds is 9. The molecular weight excluding hydrogens is 389 g/mol. The molecule has 2 rings (SSSR count). The molecule has 0 unspecified atom stereocenters. The van der Waals surface area contributed by atoms with Gasteiger partial charge in [0.2, 0.25) is 0 Å². The predicted molar refractivity (Wildman–Crippen MR) is 101 cm³/mol. The highest BCUT2D eigenvalue weighted by Crippen LogP contribution is 2.43. The molecule has 2 aromatic carbocycles. The van der Waals surface area contributed by atoms with Gasteiger partial charge in [0.15, 0.2) is 5.75 Å². The van der Waals surface area contributed by atoms with Crippen molar-refractivity contribution in [3.05, 3.63) is 47.5 Å². The normalized spacial score (nSPS) is 10.9. The lowest BCUT2D eigenvalue weighted by atomic mass is 10.1. The molecule has 3 N–H and O–H groups in total. The molecule has 0 atom stereocenters. The zero-order chi connectivity index (χ0) is 20.7. The third-order valence-corrected chi connectivity index (χ3v) is 4.06. The Labute approximate surface area is 162 Å². The first-order valence-corrected chi connectivity index (χ1v) is 9.81. The molecule has 0 aliphatic rings. The maximum Gasteiger partial charge on any atom is 0.524 e. The number of phosphoric ester groups is 1. The Morgan fingerprint density at radius 1 is 1.04 bits per heavy atom. The van der Waals surface area contributed by atoms with E-state index in [0.29, 0.717) is 12.4 Å². The Kier molecular flexibility index (Phi) is 7.28. The maximum absolute atomic E-state index is 12.7. The van der Waals surface area contributed by atoms with Crippen LogP contribution in [0.5, 0.6) is 23.0 Å². The van der Waals surface area contributed by atoms with Crippen LogP contribution in [0.15, 0.2) is 36.4 Å². The molecule has 152 valence electrons. The summed E-state index contributed by atoms with van der Waals surface area (Å²) >= 11 is 0. The van der Waals surface area contributed by atoms with Gasteiger partial charge in [0, 0.05) is 18.7 Å². The van der Waals surface area contributed by atoms with Crippen molar-refractivity contribution >= 4 is 13.7 Å². The van der Waals surface area contributed by atoms with Crippen LogP contribution in [-0.4, -0.2) is 36.5 Å². The van der Waals surface area contributed by atoms with Crippen molar-refractivity contribution < 1.29 is 37.9 Å². The fourth-order valence-electron chi connectivity index (χ4n) is 2.41. The number of hydrogen-bond donors (Lipinski definition) is 3. The molecule has 0 saturated carbocycles. The molecule has 1 amide bonds. The van der Waals surface area contributed by atoms with Gasteiger partial charge in [0.25, 0.3) is 5.91 Å². The number of amides is 1. The number of hydrogen-bond acceptors (Lipinski definition) is 6. The standard InChI is InChI=1S/C18H22NO8P/c1-4-26-14-9-15(25-3)17(16(10-14)27-28(21,22)23)18(20)19-11-12-5-7-13(24-2)8-6-12/h5-10H,4,11H2,1-3H3,(H,19,20)(H2,21,22,23). The van der Waals surface area contributed by atoms with Gasteiger partial charge in [-0.2, -0.15) is 0 Å². The van der Waals surface area contributed by atoms with E-state index in [1.165, 1.54) is 19.2 Å². The topological polar surface area (TPSA) is 124 Å². The van der Waals surface area contributed by atoms with E-state index in [2.05, 4.69) is 5.32 Å². The summed E-state index contributed by atoms with van der Waals surface area (Å²) in [6, 6.07) is 9.73. The van der Waals surface area contributed by atoms with Crippen LogP contribution < -0.4 is 24.1 Å². The van der Waals surface area contributed by atoms with Crippen LogP contribution in [-0.2, 0) is 11.1 Å². The summed E-state index contributed by atoms with van der Waals surface area (Å²) in [4.78, 5) is 31.1. The van der Waals surface area contributed by atoms with Gasteiger partial charge in [-0.25, -0.2) is 4.57 Å². The summed E-state index contributed by atoms with van der Waals surface area (Å²) in [6.45, 7) is 2.22. The molecule has 9 nitrogen and oxygen atoms in total. The molecule has 10 heteroatoms. The third-order valence-electron chi connectivity index (χ3n) is 3.63. The summed E-state index contributed by atoms with van der Waals surface area (Å²) in [6.07, 6.45) is 0. The van der Waals surface area contributed by atoms with Crippen molar-refractivity contribution in [3.8, 4) is 23.0 Å². The number of carbonyl (C=O) groups is 1. The van der Waals surface area contributed by atoms with Gasteiger partial charge in [-0.15, -0.1) is 0 Å². The summed E-state index contributed by atoms with van der Waals surface area (Å²) in [5.41, 5.74) is 0.652. The summed E-state index contributed by atoms with van der Waals surface area (Å²) in [5.74, 6) is 0.0132. The Balaban J connectivity index is 2.31. The number of carbonyl (C=O) groups excluding carboxylic acids is 1. The quantitative estimate of drug-likeness (QED) is 0.538. The van der Waals surface area contributed by atoms with Gasteiger partial charge >= 0.3 is 7.82 Å². The maximum atomic E-state index is 12.7. The summed E-state index contributed by atoms with van der Waals surface area (Å²) < 4.78 is 31.6. The molecule has 0 aliphatic carbocycles. The molecule has 0 aliphatic heterocycles. The summed E-state index contributed by atoms with van der Waals surface area (Å²) in [5, 5.41) is 2.67. The molecule has 0 radical (unpaired) electrons. The Bertz CT molecular complexity index is 863. The highest BCUT2D eigenvalue weighted by atomic mass is 31.2. The Morgan fingerprint density at radius 3 is 2.21 bits per heavy atom. The lowest BCUT2D eigenvalue weighted by Crippen LogP contribution is -2.24. The second kappa shape index (κ2) is 9.45. The second-order valence-corrected chi connectivity index (χ2v) is 6.71. The molecule has 28 heavy (non-hydrogen) atoms. The highest BCUT2D eigenvalue weighted by Gasteiger charge is 2.26. The lowest BCUT2D eigenvalue weighted by Gasteiger charge is -2.17. The van der Waals surface area contributed by atoms with E-state index in [9.17, 15) is 19.1 Å². The zero-order valence-corrected chi connectivity index (χ0v) is 16.6. The van der Waals surface area contributed by atoms with E-state index in [-0.39, 0.29) is 29.4 Å². The van der Waals surface area contributed by atoms with E-state index in [4.69, 9.17) is 18.7 Å². The summed E-state index contributed by atoms with van der Waals surface area (Å²) in [7, 11) is -2.04. The number of ether oxygens (including phenoxy) is 3. The van der Waals surface area contributed by atoms with Gasteiger partial charge in [-0.1, -0.05) is 12.1 Å². The minimum atomic E-state index is -4.91. The van der Waals surface area contributed by atoms with E-state index in [1.54, 1.807) is 38.3 Å². The van der Waals surface area contributed by atoms with Gasteiger partial charge in [-0.05, 0) is 24.6 Å². The molecule has 0 saturated heterocycles. The number of benzene rings is 2. The first kappa shape index (κ1) is 21.6. The molecule has 0 bridgehead atoms. The van der Waals surface area contributed by atoms with Gasteiger partial charge in [0.05, 0.1) is 20.8 Å². The molecular formula is C18H22NO8P. The predicted octanol–water partition coefficient (Wildman–Crippen LogP) is 2.50. The van der Waals surface area contributed by atoms with Crippen molar-refractivity contribution in [2.45, 2.75) is 13.5 Å². The van der Waals surface area contributed by atoms with Crippen LogP contribution in [0.3, 0.4) is 0 Å². The molecule has 0 aromatic heterocycles. The first-order chi connectivity index (χ1) is 13.3. The molecule has 0 heterocycles. The minimum absolute atomic E-state index is 0.0571. The van der Waals surface area contributed by atoms with Gasteiger partial charge in [0.1, 0.15) is 22.8 Å². The van der Waals surface area contributed by atoms with E-state index < -0.39 is 13.7 Å². The lowest BCUT2D eigenvalue weighted by molar-refractivity contribution is 0.0945. The molecule has 0 spiro atoms. The second-order valence-electron chi connectivity index (χ2n) is 5.54.